The topological polar surface area (TPSA) is 76.7 Å². The lowest BCUT2D eigenvalue weighted by Gasteiger charge is -2.09. The maximum absolute atomic E-state index is 11.1. The summed E-state index contributed by atoms with van der Waals surface area (Å²) < 4.78 is 10.5. The number of carbonyl (C=O) groups excluding carboxylic acids is 2. The first kappa shape index (κ1) is 11.4. The summed E-state index contributed by atoms with van der Waals surface area (Å²) >= 11 is 0. The average molecular weight is 236 g/mol. The maximum Gasteiger partial charge on any atom is 0.323 e. The Morgan fingerprint density at radius 2 is 1.88 bits per heavy atom. The van der Waals surface area contributed by atoms with Crippen molar-refractivity contribution in [2.45, 2.75) is 6.23 Å². The molecule has 0 bridgehead atoms. The maximum atomic E-state index is 11.1. The van der Waals surface area contributed by atoms with Gasteiger partial charge in [0.25, 0.3) is 5.91 Å². The molecule has 1 heterocycles. The number of hydrogen-bond donors (Lipinski definition) is 2. The van der Waals surface area contributed by atoms with Gasteiger partial charge in [0.05, 0.1) is 6.61 Å². The monoisotopic (exact) mass is 236 g/mol. The number of para-hydroxylation sites is 1. The Bertz CT molecular complexity index is 407. The SMILES string of the molecule is O=C1NC(=O)C(OCCOc2ccccc2)N1. The van der Waals surface area contributed by atoms with Crippen molar-refractivity contribution in [3.8, 4) is 5.75 Å². The zero-order valence-electron chi connectivity index (χ0n) is 9.01. The van der Waals surface area contributed by atoms with Crippen molar-refractivity contribution in [2.24, 2.45) is 0 Å². The Hall–Kier alpha value is -2.08. The molecule has 0 aliphatic carbocycles. The second-order valence-electron chi connectivity index (χ2n) is 3.38. The second kappa shape index (κ2) is 5.31. The molecule has 90 valence electrons. The van der Waals surface area contributed by atoms with Crippen LogP contribution in [-0.4, -0.2) is 31.4 Å². The highest BCUT2D eigenvalue weighted by molar-refractivity contribution is 6.03. The van der Waals surface area contributed by atoms with E-state index in [0.717, 1.165) is 5.75 Å². The summed E-state index contributed by atoms with van der Waals surface area (Å²) in [6, 6.07) is 8.72. The second-order valence-corrected chi connectivity index (χ2v) is 3.38. The fraction of sp³-hybridized carbons (Fsp3) is 0.273. The van der Waals surface area contributed by atoms with Crippen molar-refractivity contribution in [1.82, 2.24) is 10.6 Å². The number of imide groups is 1. The Labute approximate surface area is 97.9 Å². The van der Waals surface area contributed by atoms with Crippen molar-refractivity contribution >= 4 is 11.9 Å². The van der Waals surface area contributed by atoms with Gasteiger partial charge in [-0.2, -0.15) is 0 Å². The largest absolute Gasteiger partial charge is 0.491 e. The summed E-state index contributed by atoms with van der Waals surface area (Å²) in [5.41, 5.74) is 0. The molecule has 2 N–H and O–H groups in total. The van der Waals surface area contributed by atoms with Crippen LogP contribution >= 0.6 is 0 Å². The molecule has 0 spiro atoms. The lowest BCUT2D eigenvalue weighted by Crippen LogP contribution is -2.33. The molecule has 1 saturated heterocycles. The first-order valence-electron chi connectivity index (χ1n) is 5.16. The minimum absolute atomic E-state index is 0.216. The van der Waals surface area contributed by atoms with E-state index < -0.39 is 18.2 Å². The van der Waals surface area contributed by atoms with E-state index in [1.807, 2.05) is 30.3 Å². The first-order valence-corrected chi connectivity index (χ1v) is 5.16. The van der Waals surface area contributed by atoms with Crippen molar-refractivity contribution in [3.05, 3.63) is 30.3 Å². The van der Waals surface area contributed by atoms with E-state index in [9.17, 15) is 9.59 Å². The Kier molecular flexibility index (Phi) is 3.56. The lowest BCUT2D eigenvalue weighted by atomic mass is 10.3. The van der Waals surface area contributed by atoms with Crippen LogP contribution in [0.1, 0.15) is 0 Å². The fourth-order valence-corrected chi connectivity index (χ4v) is 1.36. The van der Waals surface area contributed by atoms with Crippen molar-refractivity contribution in [3.63, 3.8) is 0 Å². The van der Waals surface area contributed by atoms with E-state index in [4.69, 9.17) is 9.47 Å². The summed E-state index contributed by atoms with van der Waals surface area (Å²) in [7, 11) is 0. The number of amides is 3. The highest BCUT2D eigenvalue weighted by Crippen LogP contribution is 2.07. The van der Waals surface area contributed by atoms with Crippen molar-refractivity contribution < 1.29 is 19.1 Å². The normalized spacial score (nSPS) is 18.7. The molecule has 0 radical (unpaired) electrons. The molecule has 1 unspecified atom stereocenters. The summed E-state index contributed by atoms with van der Waals surface area (Å²) in [6.07, 6.45) is -0.915. The molecule has 1 fully saturated rings. The summed E-state index contributed by atoms with van der Waals surface area (Å²) in [5.74, 6) is 0.255. The third-order valence-corrected chi connectivity index (χ3v) is 2.12. The molecule has 1 aromatic rings. The van der Waals surface area contributed by atoms with Crippen molar-refractivity contribution in [1.29, 1.82) is 0 Å². The number of rotatable bonds is 5. The Morgan fingerprint density at radius 3 is 2.53 bits per heavy atom. The zero-order valence-corrected chi connectivity index (χ0v) is 9.01. The summed E-state index contributed by atoms with van der Waals surface area (Å²) in [4.78, 5) is 21.9. The quantitative estimate of drug-likeness (QED) is 0.567. The fourth-order valence-electron chi connectivity index (χ4n) is 1.36. The molecule has 2 rings (SSSR count). The molecule has 1 aliphatic rings. The van der Waals surface area contributed by atoms with Gasteiger partial charge >= 0.3 is 6.03 Å². The van der Waals surface area contributed by atoms with Gasteiger partial charge in [-0.25, -0.2) is 4.79 Å². The predicted molar refractivity (Wildman–Crippen MR) is 58.4 cm³/mol. The van der Waals surface area contributed by atoms with Crippen LogP contribution in [0, 0.1) is 0 Å². The zero-order chi connectivity index (χ0) is 12.1. The van der Waals surface area contributed by atoms with Gasteiger partial charge in [-0.1, -0.05) is 18.2 Å². The molecule has 6 nitrogen and oxygen atoms in total. The minimum Gasteiger partial charge on any atom is -0.491 e. The number of benzene rings is 1. The van der Waals surface area contributed by atoms with Gasteiger partial charge < -0.3 is 14.8 Å². The van der Waals surface area contributed by atoms with Crippen LogP contribution in [0.5, 0.6) is 5.75 Å². The van der Waals surface area contributed by atoms with Gasteiger partial charge in [0.2, 0.25) is 6.23 Å². The molecular formula is C11H12N2O4. The van der Waals surface area contributed by atoms with Gasteiger partial charge in [-0.05, 0) is 12.1 Å². The van der Waals surface area contributed by atoms with Crippen LogP contribution < -0.4 is 15.4 Å². The summed E-state index contributed by atoms with van der Waals surface area (Å²) in [5, 5.41) is 4.40. The average Bonchev–Trinajstić information content (AvgIpc) is 2.65. The molecule has 17 heavy (non-hydrogen) atoms. The van der Waals surface area contributed by atoms with Crippen LogP contribution in [0.2, 0.25) is 0 Å². The van der Waals surface area contributed by atoms with Crippen LogP contribution in [0.3, 0.4) is 0 Å². The van der Waals surface area contributed by atoms with Gasteiger partial charge in [0.1, 0.15) is 12.4 Å². The molecule has 1 aliphatic heterocycles. The third-order valence-electron chi connectivity index (χ3n) is 2.12. The number of carbonyl (C=O) groups is 2. The Morgan fingerprint density at radius 1 is 1.12 bits per heavy atom. The molecule has 1 atom stereocenters. The van der Waals surface area contributed by atoms with E-state index >= 15 is 0 Å². The standard InChI is InChI=1S/C11H12N2O4/c14-9-10(13-11(15)12-9)17-7-6-16-8-4-2-1-3-5-8/h1-5,10H,6-7H2,(H2,12,13,14,15). The van der Waals surface area contributed by atoms with Gasteiger partial charge in [0.15, 0.2) is 0 Å². The van der Waals surface area contributed by atoms with Gasteiger partial charge in [-0.3, -0.25) is 10.1 Å². The number of ether oxygens (including phenoxy) is 2. The number of nitrogens with one attached hydrogen (secondary N) is 2. The van der Waals surface area contributed by atoms with Crippen LogP contribution in [0.15, 0.2) is 30.3 Å². The Balaban J connectivity index is 1.67. The van der Waals surface area contributed by atoms with E-state index in [2.05, 4.69) is 10.6 Å². The van der Waals surface area contributed by atoms with Crippen LogP contribution in [-0.2, 0) is 9.53 Å². The van der Waals surface area contributed by atoms with E-state index in [1.165, 1.54) is 0 Å². The highest BCUT2D eigenvalue weighted by Gasteiger charge is 2.29. The summed E-state index contributed by atoms with van der Waals surface area (Å²) in [6.45, 7) is 0.525. The van der Waals surface area contributed by atoms with E-state index in [0.29, 0.717) is 6.61 Å². The minimum atomic E-state index is -0.915. The molecule has 1 aromatic carbocycles. The van der Waals surface area contributed by atoms with Crippen molar-refractivity contribution in [2.75, 3.05) is 13.2 Å². The van der Waals surface area contributed by atoms with E-state index in [1.54, 1.807) is 0 Å². The smallest absolute Gasteiger partial charge is 0.323 e. The van der Waals surface area contributed by atoms with Gasteiger partial charge in [-0.15, -0.1) is 0 Å². The predicted octanol–water partition coefficient (Wildman–Crippen LogP) is 0.247. The van der Waals surface area contributed by atoms with Crippen LogP contribution in [0.4, 0.5) is 4.79 Å². The first-order chi connectivity index (χ1) is 8.25. The molecule has 0 aromatic heterocycles. The molecule has 3 amide bonds. The third kappa shape index (κ3) is 3.18. The number of hydrogen-bond acceptors (Lipinski definition) is 4. The molecule has 6 heteroatoms. The number of urea groups is 1. The molecule has 0 saturated carbocycles. The van der Waals surface area contributed by atoms with Crippen LogP contribution in [0.25, 0.3) is 0 Å². The van der Waals surface area contributed by atoms with E-state index in [-0.39, 0.29) is 6.61 Å². The molecular weight excluding hydrogens is 224 g/mol. The lowest BCUT2D eigenvalue weighted by molar-refractivity contribution is -0.130. The van der Waals surface area contributed by atoms with Gasteiger partial charge in [0, 0.05) is 0 Å². The highest BCUT2D eigenvalue weighted by atomic mass is 16.5.